The molecule has 0 aliphatic carbocycles. The van der Waals surface area contributed by atoms with E-state index in [1.54, 1.807) is 5.20 Å². The first-order valence-electron chi connectivity index (χ1n) is 8.23. The third-order valence-corrected chi connectivity index (χ3v) is 7.62. The van der Waals surface area contributed by atoms with Crippen LogP contribution in [0, 0.1) is 0 Å². The van der Waals surface area contributed by atoms with E-state index in [0.717, 1.165) is 5.02 Å². The molecule has 1 aromatic rings. The van der Waals surface area contributed by atoms with Crippen LogP contribution in [0.1, 0.15) is 39.0 Å². The molecule has 0 bridgehead atoms. The summed E-state index contributed by atoms with van der Waals surface area (Å²) in [6.45, 7) is 9.57. The van der Waals surface area contributed by atoms with Gasteiger partial charge in [-0.2, -0.15) is 0 Å². The Kier molecular flexibility index (Phi) is 9.43. The number of benzene rings is 1. The van der Waals surface area contributed by atoms with E-state index in [1.165, 1.54) is 36.6 Å². The van der Waals surface area contributed by atoms with Gasteiger partial charge < -0.3 is 0 Å². The van der Waals surface area contributed by atoms with Crippen molar-refractivity contribution < 1.29 is 0 Å². The van der Waals surface area contributed by atoms with Crippen molar-refractivity contribution in [2.45, 2.75) is 58.7 Å². The zero-order chi connectivity index (χ0) is 16.4. The van der Waals surface area contributed by atoms with E-state index >= 15 is 0 Å². The van der Waals surface area contributed by atoms with Crippen LogP contribution in [0.2, 0.25) is 24.7 Å². The molecule has 0 fully saturated rings. The maximum atomic E-state index is 5.93. The van der Waals surface area contributed by atoms with Crippen LogP contribution in [0.4, 0.5) is 0 Å². The van der Waals surface area contributed by atoms with Crippen molar-refractivity contribution in [1.82, 2.24) is 0 Å². The SMILES string of the molecule is CCCCCC/C=C(/C=C/[Se]c1ccc(Cl)cc1)[Si](C)(C)C. The molecular formula is C19H29ClSeSi. The number of unbranched alkanes of at least 4 members (excludes halogenated alkanes) is 4. The normalized spacial score (nSPS) is 13.0. The molecule has 1 rings (SSSR count). The van der Waals surface area contributed by atoms with Crippen molar-refractivity contribution in [3.8, 4) is 0 Å². The van der Waals surface area contributed by atoms with Gasteiger partial charge in [0.15, 0.2) is 0 Å². The molecule has 0 amide bonds. The van der Waals surface area contributed by atoms with Crippen molar-refractivity contribution in [3.05, 3.63) is 51.6 Å². The van der Waals surface area contributed by atoms with Crippen LogP contribution in [-0.2, 0) is 0 Å². The predicted molar refractivity (Wildman–Crippen MR) is 106 cm³/mol. The van der Waals surface area contributed by atoms with Gasteiger partial charge in [0.2, 0.25) is 0 Å². The summed E-state index contributed by atoms with van der Waals surface area (Å²) < 4.78 is 1.38. The van der Waals surface area contributed by atoms with Gasteiger partial charge in [-0.1, -0.05) is 0 Å². The molecule has 0 aliphatic heterocycles. The van der Waals surface area contributed by atoms with Crippen LogP contribution in [0.3, 0.4) is 0 Å². The van der Waals surface area contributed by atoms with Gasteiger partial charge >= 0.3 is 149 Å². The number of hydrogen-bond acceptors (Lipinski definition) is 0. The second-order valence-corrected chi connectivity index (χ2v) is 14.2. The molecule has 0 saturated heterocycles. The molecule has 0 saturated carbocycles. The summed E-state index contributed by atoms with van der Waals surface area (Å²) in [6, 6.07) is 8.23. The Morgan fingerprint density at radius 2 is 1.77 bits per heavy atom. The molecule has 0 N–H and O–H groups in total. The zero-order valence-corrected chi connectivity index (χ0v) is 17.8. The Hall–Kier alpha value is -0.274. The van der Waals surface area contributed by atoms with Crippen LogP contribution in [0.25, 0.3) is 0 Å². The van der Waals surface area contributed by atoms with Gasteiger partial charge in [0.25, 0.3) is 0 Å². The van der Waals surface area contributed by atoms with E-state index in [-0.39, 0.29) is 0 Å². The molecule has 0 radical (unpaired) electrons. The van der Waals surface area contributed by atoms with Crippen LogP contribution < -0.4 is 4.46 Å². The number of rotatable bonds is 9. The number of allylic oxidation sites excluding steroid dienone is 3. The average Bonchev–Trinajstić information content (AvgIpc) is 2.46. The van der Waals surface area contributed by atoms with E-state index in [4.69, 9.17) is 11.6 Å². The van der Waals surface area contributed by atoms with Crippen molar-refractivity contribution in [2.24, 2.45) is 0 Å². The second kappa shape index (κ2) is 10.5. The minimum absolute atomic E-state index is 0.394. The fraction of sp³-hybridized carbons (Fsp3) is 0.474. The topological polar surface area (TPSA) is 0 Å². The first-order chi connectivity index (χ1) is 10.4. The average molecular weight is 400 g/mol. The summed E-state index contributed by atoms with van der Waals surface area (Å²) >= 11 is 6.33. The van der Waals surface area contributed by atoms with Gasteiger partial charge in [0.1, 0.15) is 0 Å². The Bertz CT molecular complexity index is 483. The summed E-state index contributed by atoms with van der Waals surface area (Å²) in [4.78, 5) is 2.37. The first kappa shape index (κ1) is 19.8. The molecule has 0 atom stereocenters. The Labute approximate surface area is 149 Å². The quantitative estimate of drug-likeness (QED) is 0.273. The van der Waals surface area contributed by atoms with E-state index < -0.39 is 8.07 Å². The van der Waals surface area contributed by atoms with Gasteiger partial charge in [-0.15, -0.1) is 0 Å². The van der Waals surface area contributed by atoms with Crippen molar-refractivity contribution in [1.29, 1.82) is 0 Å². The molecule has 122 valence electrons. The van der Waals surface area contributed by atoms with Gasteiger partial charge in [-0.05, 0) is 0 Å². The summed E-state index contributed by atoms with van der Waals surface area (Å²) in [5.74, 6) is 0. The van der Waals surface area contributed by atoms with Crippen LogP contribution in [-0.4, -0.2) is 23.0 Å². The van der Waals surface area contributed by atoms with Gasteiger partial charge in [-0.25, -0.2) is 0 Å². The number of halogens is 1. The van der Waals surface area contributed by atoms with E-state index in [0.29, 0.717) is 15.0 Å². The minimum atomic E-state index is -1.24. The predicted octanol–water partition coefficient (Wildman–Crippen LogP) is 5.96. The second-order valence-electron chi connectivity index (χ2n) is 6.63. The molecule has 0 heterocycles. The Morgan fingerprint density at radius 1 is 1.09 bits per heavy atom. The van der Waals surface area contributed by atoms with Crippen LogP contribution in [0.5, 0.6) is 0 Å². The third-order valence-electron chi connectivity index (χ3n) is 3.55. The molecular weight excluding hydrogens is 371 g/mol. The molecule has 0 aliphatic rings. The van der Waals surface area contributed by atoms with E-state index in [1.807, 2.05) is 12.1 Å². The van der Waals surface area contributed by atoms with Crippen molar-refractivity contribution in [3.63, 3.8) is 0 Å². The Morgan fingerprint density at radius 3 is 2.36 bits per heavy atom. The monoisotopic (exact) mass is 400 g/mol. The molecule has 0 nitrogen and oxygen atoms in total. The van der Waals surface area contributed by atoms with Crippen LogP contribution >= 0.6 is 11.6 Å². The standard InChI is InChI=1S/C19H29ClSeSi/c1-5-6-7-8-9-10-19(22(2,3)4)15-16-21-18-13-11-17(20)12-14-18/h10-16H,5-9H2,1-4H3/b16-15+,19-10-. The number of hydrogen-bond donors (Lipinski definition) is 0. The van der Waals surface area contributed by atoms with Crippen molar-refractivity contribution in [2.75, 3.05) is 0 Å². The van der Waals surface area contributed by atoms with Crippen molar-refractivity contribution >= 4 is 39.1 Å². The van der Waals surface area contributed by atoms with Gasteiger partial charge in [-0.3, -0.25) is 0 Å². The van der Waals surface area contributed by atoms with Crippen LogP contribution in [0.15, 0.2) is 46.6 Å². The van der Waals surface area contributed by atoms with Gasteiger partial charge in [0, 0.05) is 0 Å². The summed E-state index contributed by atoms with van der Waals surface area (Å²) in [7, 11) is -1.24. The molecule has 0 unspecified atom stereocenters. The molecule has 3 heteroatoms. The maximum absolute atomic E-state index is 5.93. The fourth-order valence-electron chi connectivity index (χ4n) is 2.15. The fourth-order valence-corrected chi connectivity index (χ4v) is 5.28. The summed E-state index contributed by atoms with van der Waals surface area (Å²) in [5, 5.41) is 2.41. The van der Waals surface area contributed by atoms with E-state index in [9.17, 15) is 0 Å². The molecule has 0 aromatic heterocycles. The Balaban J connectivity index is 2.58. The van der Waals surface area contributed by atoms with Gasteiger partial charge in [0.05, 0.1) is 0 Å². The zero-order valence-electron chi connectivity index (χ0n) is 14.4. The summed E-state index contributed by atoms with van der Waals surface area (Å²) in [6.07, 6.45) is 11.5. The molecule has 22 heavy (non-hydrogen) atoms. The van der Waals surface area contributed by atoms with E-state index in [2.05, 4.69) is 55.8 Å². The molecule has 1 aromatic carbocycles. The molecule has 0 spiro atoms. The third kappa shape index (κ3) is 8.38. The first-order valence-corrected chi connectivity index (χ1v) is 13.9. The summed E-state index contributed by atoms with van der Waals surface area (Å²) in [5.41, 5.74) is 0.